The minimum Gasteiger partial charge on any atom is -0.481 e. The number of anilines is 1. The lowest BCUT2D eigenvalue weighted by Crippen LogP contribution is -2.46. The van der Waals surface area contributed by atoms with Crippen molar-refractivity contribution >= 4 is 17.7 Å². The smallest absolute Gasteiger partial charge is 0.324 e. The molecule has 1 unspecified atom stereocenters. The molecule has 2 rings (SSSR count). The molecule has 1 aromatic carbocycles. The maximum atomic E-state index is 12.7. The summed E-state index contributed by atoms with van der Waals surface area (Å²) in [6.07, 6.45) is 1.37. The zero-order chi connectivity index (χ0) is 15.4. The van der Waals surface area contributed by atoms with Gasteiger partial charge in [-0.25, -0.2) is 4.79 Å². The summed E-state index contributed by atoms with van der Waals surface area (Å²) in [5.41, 5.74) is 1.47. The SMILES string of the molecule is CCCN(CC)C(=O)N1CCC(C(=O)O)c2ccccc21. The normalized spacial score (nSPS) is 17.2. The molecule has 0 saturated carbocycles. The van der Waals surface area contributed by atoms with Crippen LogP contribution < -0.4 is 4.90 Å². The first-order chi connectivity index (χ1) is 10.1. The van der Waals surface area contributed by atoms with Gasteiger partial charge in [0.15, 0.2) is 0 Å². The lowest BCUT2D eigenvalue weighted by molar-refractivity contribution is -0.139. The van der Waals surface area contributed by atoms with Crippen LogP contribution in [0.15, 0.2) is 24.3 Å². The average molecular weight is 290 g/mol. The van der Waals surface area contributed by atoms with Gasteiger partial charge in [0.1, 0.15) is 0 Å². The summed E-state index contributed by atoms with van der Waals surface area (Å²) in [5, 5.41) is 9.34. The molecule has 0 bridgehead atoms. The molecule has 0 aromatic heterocycles. The molecular weight excluding hydrogens is 268 g/mol. The maximum absolute atomic E-state index is 12.7. The number of carboxylic acid groups (broad SMARTS) is 1. The third-order valence-corrected chi connectivity index (χ3v) is 3.92. The van der Waals surface area contributed by atoms with E-state index in [1.165, 1.54) is 0 Å². The Morgan fingerprint density at radius 1 is 1.33 bits per heavy atom. The number of hydrogen-bond acceptors (Lipinski definition) is 2. The molecule has 0 radical (unpaired) electrons. The van der Waals surface area contributed by atoms with Gasteiger partial charge in [0.05, 0.1) is 5.92 Å². The van der Waals surface area contributed by atoms with Crippen molar-refractivity contribution in [2.75, 3.05) is 24.5 Å². The van der Waals surface area contributed by atoms with Crippen molar-refractivity contribution in [1.29, 1.82) is 0 Å². The van der Waals surface area contributed by atoms with Crippen LogP contribution >= 0.6 is 0 Å². The molecule has 5 nitrogen and oxygen atoms in total. The van der Waals surface area contributed by atoms with Gasteiger partial charge in [-0.3, -0.25) is 9.69 Å². The van der Waals surface area contributed by atoms with Crippen LogP contribution in [0.4, 0.5) is 10.5 Å². The van der Waals surface area contributed by atoms with Crippen molar-refractivity contribution in [2.45, 2.75) is 32.6 Å². The fourth-order valence-electron chi connectivity index (χ4n) is 2.85. The van der Waals surface area contributed by atoms with Crippen molar-refractivity contribution < 1.29 is 14.7 Å². The van der Waals surface area contributed by atoms with Gasteiger partial charge in [-0.1, -0.05) is 25.1 Å². The summed E-state index contributed by atoms with van der Waals surface area (Å²) >= 11 is 0. The third kappa shape index (κ3) is 3.01. The highest BCUT2D eigenvalue weighted by atomic mass is 16.4. The molecule has 1 aliphatic rings. The van der Waals surface area contributed by atoms with Crippen LogP contribution in [0.1, 0.15) is 38.2 Å². The van der Waals surface area contributed by atoms with Crippen LogP contribution in [0.25, 0.3) is 0 Å². The Hall–Kier alpha value is -2.04. The van der Waals surface area contributed by atoms with Gasteiger partial charge in [0.25, 0.3) is 0 Å². The molecule has 1 atom stereocenters. The molecule has 114 valence electrons. The van der Waals surface area contributed by atoms with E-state index in [2.05, 4.69) is 0 Å². The predicted octanol–water partition coefficient (Wildman–Crippen LogP) is 2.92. The zero-order valence-corrected chi connectivity index (χ0v) is 12.6. The highest BCUT2D eigenvalue weighted by molar-refractivity contribution is 5.95. The van der Waals surface area contributed by atoms with Crippen LogP contribution in [0.2, 0.25) is 0 Å². The van der Waals surface area contributed by atoms with E-state index in [0.29, 0.717) is 19.5 Å². The summed E-state index contributed by atoms with van der Waals surface area (Å²) < 4.78 is 0. The van der Waals surface area contributed by atoms with Gasteiger partial charge in [0.2, 0.25) is 0 Å². The van der Waals surface area contributed by atoms with Crippen LogP contribution in [-0.4, -0.2) is 41.6 Å². The van der Waals surface area contributed by atoms with E-state index >= 15 is 0 Å². The molecule has 21 heavy (non-hydrogen) atoms. The molecule has 1 aromatic rings. The summed E-state index contributed by atoms with van der Waals surface area (Å²) in [7, 11) is 0. The van der Waals surface area contributed by atoms with E-state index in [4.69, 9.17) is 0 Å². The Morgan fingerprint density at radius 3 is 2.67 bits per heavy atom. The molecule has 1 N–H and O–H groups in total. The zero-order valence-electron chi connectivity index (χ0n) is 12.6. The number of carbonyl (C=O) groups is 2. The number of carbonyl (C=O) groups excluding carboxylic acids is 1. The van der Waals surface area contributed by atoms with E-state index in [1.54, 1.807) is 9.80 Å². The van der Waals surface area contributed by atoms with Crippen molar-refractivity contribution in [3.63, 3.8) is 0 Å². The Labute approximate surface area is 125 Å². The molecule has 5 heteroatoms. The summed E-state index contributed by atoms with van der Waals surface area (Å²) in [4.78, 5) is 27.6. The number of nitrogens with zero attached hydrogens (tertiary/aromatic N) is 2. The number of rotatable bonds is 4. The summed E-state index contributed by atoms with van der Waals surface area (Å²) in [6, 6.07) is 7.29. The van der Waals surface area contributed by atoms with E-state index in [0.717, 1.165) is 24.2 Å². The molecular formula is C16H22N2O3. The lowest BCUT2D eigenvalue weighted by atomic mass is 9.90. The minimum atomic E-state index is -0.824. The number of urea groups is 1. The van der Waals surface area contributed by atoms with E-state index in [-0.39, 0.29) is 6.03 Å². The molecule has 0 aliphatic carbocycles. The number of amides is 2. The number of fused-ring (bicyclic) bond motifs is 1. The fraction of sp³-hybridized carbons (Fsp3) is 0.500. The van der Waals surface area contributed by atoms with E-state index in [9.17, 15) is 14.7 Å². The van der Waals surface area contributed by atoms with Gasteiger partial charge < -0.3 is 10.0 Å². The molecule has 0 spiro atoms. The first-order valence-corrected chi connectivity index (χ1v) is 7.48. The lowest BCUT2D eigenvalue weighted by Gasteiger charge is -2.36. The summed E-state index contributed by atoms with van der Waals surface area (Å²) in [6.45, 7) is 5.83. The summed E-state index contributed by atoms with van der Waals surface area (Å²) in [5.74, 6) is -1.35. The molecule has 2 amide bonds. The largest absolute Gasteiger partial charge is 0.481 e. The van der Waals surface area contributed by atoms with Gasteiger partial charge in [-0.05, 0) is 31.4 Å². The maximum Gasteiger partial charge on any atom is 0.324 e. The van der Waals surface area contributed by atoms with Crippen LogP contribution in [0, 0.1) is 0 Å². The number of aliphatic carboxylic acids is 1. The molecule has 0 fully saturated rings. The van der Waals surface area contributed by atoms with Crippen molar-refractivity contribution in [3.8, 4) is 0 Å². The van der Waals surface area contributed by atoms with Crippen molar-refractivity contribution in [2.24, 2.45) is 0 Å². The Bertz CT molecular complexity index is 530. The Balaban J connectivity index is 2.32. The van der Waals surface area contributed by atoms with Gasteiger partial charge >= 0.3 is 12.0 Å². The Morgan fingerprint density at radius 2 is 2.05 bits per heavy atom. The van der Waals surface area contributed by atoms with Gasteiger partial charge in [-0.2, -0.15) is 0 Å². The molecule has 1 aliphatic heterocycles. The Kier molecular flexibility index (Phi) is 4.83. The van der Waals surface area contributed by atoms with Crippen LogP contribution in [-0.2, 0) is 4.79 Å². The second-order valence-corrected chi connectivity index (χ2v) is 5.25. The second-order valence-electron chi connectivity index (χ2n) is 5.25. The fourth-order valence-corrected chi connectivity index (χ4v) is 2.85. The number of para-hydroxylation sites is 1. The number of benzene rings is 1. The average Bonchev–Trinajstić information content (AvgIpc) is 2.50. The van der Waals surface area contributed by atoms with Crippen molar-refractivity contribution in [1.82, 2.24) is 4.90 Å². The van der Waals surface area contributed by atoms with Gasteiger partial charge in [-0.15, -0.1) is 0 Å². The van der Waals surface area contributed by atoms with E-state index in [1.807, 2.05) is 38.1 Å². The first-order valence-electron chi connectivity index (χ1n) is 7.48. The first kappa shape index (κ1) is 15.4. The topological polar surface area (TPSA) is 60.9 Å². The third-order valence-electron chi connectivity index (χ3n) is 3.92. The standard InChI is InChI=1S/C16H22N2O3/c1-3-10-17(4-2)16(21)18-11-9-13(15(19)20)12-7-5-6-8-14(12)18/h5-8,13H,3-4,9-11H2,1-2H3,(H,19,20). The quantitative estimate of drug-likeness (QED) is 0.927. The predicted molar refractivity (Wildman–Crippen MR) is 81.7 cm³/mol. The van der Waals surface area contributed by atoms with Crippen molar-refractivity contribution in [3.05, 3.63) is 29.8 Å². The monoisotopic (exact) mass is 290 g/mol. The van der Waals surface area contributed by atoms with Crippen LogP contribution in [0.3, 0.4) is 0 Å². The second kappa shape index (κ2) is 6.61. The molecule has 1 heterocycles. The van der Waals surface area contributed by atoms with Crippen LogP contribution in [0.5, 0.6) is 0 Å². The highest BCUT2D eigenvalue weighted by Crippen LogP contribution is 2.35. The number of carboxylic acids is 1. The number of hydrogen-bond donors (Lipinski definition) is 1. The van der Waals surface area contributed by atoms with E-state index < -0.39 is 11.9 Å². The molecule has 0 saturated heterocycles. The van der Waals surface area contributed by atoms with Gasteiger partial charge in [0, 0.05) is 25.3 Å². The highest BCUT2D eigenvalue weighted by Gasteiger charge is 2.33. The minimum absolute atomic E-state index is 0.0318.